The van der Waals surface area contributed by atoms with E-state index in [0.29, 0.717) is 35.4 Å². The van der Waals surface area contributed by atoms with Crippen LogP contribution >= 0.6 is 0 Å². The average Bonchev–Trinajstić information content (AvgIpc) is 3.42. The fourth-order valence-corrected chi connectivity index (χ4v) is 3.72. The second-order valence-electron chi connectivity index (χ2n) is 7.58. The van der Waals surface area contributed by atoms with E-state index in [1.54, 1.807) is 22.7 Å². The minimum atomic E-state index is -0.356. The molecule has 4 heterocycles. The van der Waals surface area contributed by atoms with E-state index >= 15 is 0 Å². The van der Waals surface area contributed by atoms with Gasteiger partial charge in [-0.3, -0.25) is 0 Å². The maximum Gasteiger partial charge on any atom is 0.265 e. The molecular weight excluding hydrogens is 387 g/mol. The molecule has 1 saturated heterocycles. The molecule has 0 spiro atoms. The van der Waals surface area contributed by atoms with E-state index < -0.39 is 0 Å². The number of piperidine rings is 1. The molecule has 0 N–H and O–H groups in total. The zero-order valence-corrected chi connectivity index (χ0v) is 16.7. The van der Waals surface area contributed by atoms with E-state index in [0.717, 1.165) is 25.2 Å². The number of hydrogen-bond acceptors (Lipinski definition) is 8. The summed E-state index contributed by atoms with van der Waals surface area (Å²) in [6, 6.07) is 10.3. The first kappa shape index (κ1) is 18.5. The molecular formula is C20H21FN8O. The number of nitrogens with zero attached hydrogens (tertiary/aromatic N) is 8. The third-order valence-corrected chi connectivity index (χ3v) is 5.29. The van der Waals surface area contributed by atoms with Crippen molar-refractivity contribution in [2.75, 3.05) is 37.0 Å². The molecule has 1 aliphatic heterocycles. The van der Waals surface area contributed by atoms with Crippen LogP contribution in [0, 0.1) is 5.82 Å². The van der Waals surface area contributed by atoms with Crippen molar-refractivity contribution in [1.29, 1.82) is 0 Å². The van der Waals surface area contributed by atoms with Gasteiger partial charge in [0.1, 0.15) is 11.6 Å². The van der Waals surface area contributed by atoms with Gasteiger partial charge in [0.15, 0.2) is 11.5 Å². The topological polar surface area (TPSA) is 88.5 Å². The molecule has 1 atom stereocenters. The summed E-state index contributed by atoms with van der Waals surface area (Å²) >= 11 is 0. The molecule has 0 bridgehead atoms. The van der Waals surface area contributed by atoms with Crippen LogP contribution in [0.2, 0.25) is 0 Å². The maximum atomic E-state index is 14.3. The highest BCUT2D eigenvalue weighted by Crippen LogP contribution is 2.29. The summed E-state index contributed by atoms with van der Waals surface area (Å²) in [6.45, 7) is 1.57. The number of anilines is 2. The predicted octanol–water partition coefficient (Wildman–Crippen LogP) is 2.76. The van der Waals surface area contributed by atoms with Crippen molar-refractivity contribution in [1.82, 2.24) is 30.0 Å². The number of rotatable bonds is 4. The third-order valence-electron chi connectivity index (χ3n) is 5.29. The number of aromatic nitrogens is 6. The first-order valence-corrected chi connectivity index (χ1v) is 9.83. The Kier molecular flexibility index (Phi) is 4.53. The second-order valence-corrected chi connectivity index (χ2v) is 7.58. The van der Waals surface area contributed by atoms with Crippen LogP contribution < -0.4 is 9.80 Å². The first-order valence-electron chi connectivity index (χ1n) is 9.83. The van der Waals surface area contributed by atoms with Crippen molar-refractivity contribution in [3.05, 3.63) is 48.1 Å². The van der Waals surface area contributed by atoms with Gasteiger partial charge >= 0.3 is 0 Å². The minimum absolute atomic E-state index is 0.129. The van der Waals surface area contributed by atoms with Crippen molar-refractivity contribution < 1.29 is 8.91 Å². The summed E-state index contributed by atoms with van der Waals surface area (Å²) in [5.41, 5.74) is 0.936. The van der Waals surface area contributed by atoms with Gasteiger partial charge in [0, 0.05) is 27.2 Å². The van der Waals surface area contributed by atoms with Gasteiger partial charge in [0.25, 0.3) is 5.95 Å². The number of fused-ring (bicyclic) bond motifs is 1. The summed E-state index contributed by atoms with van der Waals surface area (Å²) < 4.78 is 21.4. The molecule has 3 aromatic heterocycles. The van der Waals surface area contributed by atoms with Gasteiger partial charge in [-0.2, -0.15) is 9.50 Å². The standard InChI is InChI=1S/C20H21FN8O/c1-27(2)20-22-19(30-26-20)13-6-5-11-28(12-13)17-10-9-16-23-24-18(29(16)25-17)14-7-3-4-8-15(14)21/h3-4,7-10,13H,5-6,11-12H2,1-2H3. The van der Waals surface area contributed by atoms with Gasteiger partial charge in [-0.25, -0.2) is 4.39 Å². The van der Waals surface area contributed by atoms with E-state index in [1.165, 1.54) is 6.07 Å². The molecule has 5 rings (SSSR count). The van der Waals surface area contributed by atoms with Crippen molar-refractivity contribution in [2.45, 2.75) is 18.8 Å². The molecule has 0 amide bonds. The van der Waals surface area contributed by atoms with Crippen molar-refractivity contribution in [2.24, 2.45) is 0 Å². The van der Waals surface area contributed by atoms with Crippen molar-refractivity contribution in [3.63, 3.8) is 0 Å². The zero-order valence-electron chi connectivity index (χ0n) is 16.7. The maximum absolute atomic E-state index is 14.3. The van der Waals surface area contributed by atoms with Crippen LogP contribution in [0.15, 0.2) is 40.9 Å². The second kappa shape index (κ2) is 7.36. The Morgan fingerprint density at radius 2 is 2.00 bits per heavy atom. The lowest BCUT2D eigenvalue weighted by molar-refractivity contribution is 0.332. The predicted molar refractivity (Wildman–Crippen MR) is 109 cm³/mol. The van der Waals surface area contributed by atoms with Gasteiger partial charge in [0.2, 0.25) is 5.89 Å². The van der Waals surface area contributed by atoms with Gasteiger partial charge in [-0.1, -0.05) is 12.1 Å². The van der Waals surface area contributed by atoms with Crippen LogP contribution in [0.3, 0.4) is 0 Å². The molecule has 154 valence electrons. The molecule has 1 fully saturated rings. The smallest absolute Gasteiger partial charge is 0.265 e. The van der Waals surface area contributed by atoms with Crippen LogP contribution in [0.5, 0.6) is 0 Å². The highest BCUT2D eigenvalue weighted by atomic mass is 19.1. The number of benzene rings is 1. The average molecular weight is 408 g/mol. The summed E-state index contributed by atoms with van der Waals surface area (Å²) in [7, 11) is 3.76. The van der Waals surface area contributed by atoms with E-state index in [4.69, 9.17) is 9.62 Å². The van der Waals surface area contributed by atoms with Crippen LogP contribution in [0.25, 0.3) is 17.0 Å². The normalized spacial score (nSPS) is 16.9. The molecule has 9 nitrogen and oxygen atoms in total. The summed E-state index contributed by atoms with van der Waals surface area (Å²) in [5.74, 6) is 2.14. The largest absolute Gasteiger partial charge is 0.354 e. The number of halogens is 1. The molecule has 10 heteroatoms. The minimum Gasteiger partial charge on any atom is -0.354 e. The Morgan fingerprint density at radius 3 is 2.80 bits per heavy atom. The Bertz CT molecular complexity index is 1190. The highest BCUT2D eigenvalue weighted by Gasteiger charge is 2.27. The molecule has 1 aromatic carbocycles. The lowest BCUT2D eigenvalue weighted by Crippen LogP contribution is -2.35. The third kappa shape index (κ3) is 3.23. The SMILES string of the molecule is CN(C)c1noc(C2CCCN(c3ccc4nnc(-c5ccccc5F)n4n3)C2)n1. The number of hydrogen-bond donors (Lipinski definition) is 0. The Hall–Kier alpha value is -3.56. The van der Waals surface area contributed by atoms with Crippen LogP contribution in [0.1, 0.15) is 24.7 Å². The Morgan fingerprint density at radius 1 is 1.13 bits per heavy atom. The molecule has 30 heavy (non-hydrogen) atoms. The van der Waals surface area contributed by atoms with Gasteiger partial charge in [-0.15, -0.1) is 15.3 Å². The van der Waals surface area contributed by atoms with Crippen LogP contribution in [-0.4, -0.2) is 57.1 Å². The van der Waals surface area contributed by atoms with E-state index in [9.17, 15) is 4.39 Å². The van der Waals surface area contributed by atoms with Gasteiger partial charge < -0.3 is 14.3 Å². The molecule has 0 radical (unpaired) electrons. The van der Waals surface area contributed by atoms with E-state index in [1.807, 2.05) is 31.1 Å². The fraction of sp³-hybridized carbons (Fsp3) is 0.350. The highest BCUT2D eigenvalue weighted by molar-refractivity contribution is 5.60. The molecule has 4 aromatic rings. The monoisotopic (exact) mass is 408 g/mol. The molecule has 0 aliphatic carbocycles. The summed E-state index contributed by atoms with van der Waals surface area (Å²) in [4.78, 5) is 8.50. The van der Waals surface area contributed by atoms with Crippen LogP contribution in [0.4, 0.5) is 16.2 Å². The van der Waals surface area contributed by atoms with Gasteiger partial charge in [0.05, 0.1) is 11.5 Å². The molecule has 0 saturated carbocycles. The van der Waals surface area contributed by atoms with Gasteiger partial charge in [-0.05, 0) is 42.3 Å². The zero-order chi connectivity index (χ0) is 20.7. The summed E-state index contributed by atoms with van der Waals surface area (Å²) in [6.07, 6.45) is 1.95. The molecule has 1 unspecified atom stereocenters. The Balaban J connectivity index is 1.45. The fourth-order valence-electron chi connectivity index (χ4n) is 3.72. The van der Waals surface area contributed by atoms with Crippen LogP contribution in [-0.2, 0) is 0 Å². The van der Waals surface area contributed by atoms with Crippen molar-refractivity contribution >= 4 is 17.4 Å². The Labute approximate surface area is 172 Å². The first-order chi connectivity index (χ1) is 14.6. The van der Waals surface area contributed by atoms with E-state index in [-0.39, 0.29) is 11.7 Å². The summed E-state index contributed by atoms with van der Waals surface area (Å²) in [5, 5.41) is 17.0. The lowest BCUT2D eigenvalue weighted by atomic mass is 9.98. The quantitative estimate of drug-likeness (QED) is 0.509. The lowest BCUT2D eigenvalue weighted by Gasteiger charge is -2.31. The van der Waals surface area contributed by atoms with E-state index in [2.05, 4.69) is 25.2 Å². The van der Waals surface area contributed by atoms with Crippen molar-refractivity contribution in [3.8, 4) is 11.4 Å². The molecule has 1 aliphatic rings.